The standard InChI is InChI=1S/C17H16O5/c1-3-21-13-6-4-5-12(10-13)7-8-14(18)16-15(19)9-11(2)22-17(16)20/h4-10,19H,3H2,1-2H3. The van der Waals surface area contributed by atoms with E-state index in [9.17, 15) is 14.7 Å². The van der Waals surface area contributed by atoms with Gasteiger partial charge in [-0.3, -0.25) is 4.79 Å². The van der Waals surface area contributed by atoms with Crippen molar-refractivity contribution in [1.29, 1.82) is 0 Å². The van der Waals surface area contributed by atoms with Crippen LogP contribution in [0.4, 0.5) is 0 Å². The Balaban J connectivity index is 2.25. The highest BCUT2D eigenvalue weighted by atomic mass is 16.5. The number of carbonyl (C=O) groups excluding carboxylic acids is 1. The van der Waals surface area contributed by atoms with Crippen LogP contribution in [0.5, 0.6) is 11.5 Å². The van der Waals surface area contributed by atoms with Crippen molar-refractivity contribution in [3.8, 4) is 11.5 Å². The maximum absolute atomic E-state index is 12.0. The summed E-state index contributed by atoms with van der Waals surface area (Å²) < 4.78 is 10.2. The highest BCUT2D eigenvalue weighted by Gasteiger charge is 2.15. The number of benzene rings is 1. The van der Waals surface area contributed by atoms with Crippen molar-refractivity contribution in [2.75, 3.05) is 6.61 Å². The summed E-state index contributed by atoms with van der Waals surface area (Å²) in [4.78, 5) is 23.7. The second kappa shape index (κ2) is 6.76. The van der Waals surface area contributed by atoms with Gasteiger partial charge < -0.3 is 14.3 Å². The molecule has 2 rings (SSSR count). The Kier molecular flexibility index (Phi) is 4.78. The summed E-state index contributed by atoms with van der Waals surface area (Å²) in [7, 11) is 0. The van der Waals surface area contributed by atoms with E-state index in [0.29, 0.717) is 12.4 Å². The zero-order chi connectivity index (χ0) is 16.1. The number of aryl methyl sites for hydroxylation is 1. The maximum atomic E-state index is 12.0. The number of allylic oxidation sites excluding steroid dienone is 1. The molecule has 5 nitrogen and oxygen atoms in total. The van der Waals surface area contributed by atoms with Crippen LogP contribution in [0, 0.1) is 6.92 Å². The number of hydrogen-bond donors (Lipinski definition) is 1. The van der Waals surface area contributed by atoms with Crippen molar-refractivity contribution < 1.29 is 19.1 Å². The van der Waals surface area contributed by atoms with Gasteiger partial charge in [-0.15, -0.1) is 0 Å². The van der Waals surface area contributed by atoms with Gasteiger partial charge in [0.15, 0.2) is 5.78 Å². The van der Waals surface area contributed by atoms with E-state index in [4.69, 9.17) is 9.15 Å². The third-order valence-electron chi connectivity index (χ3n) is 2.90. The third kappa shape index (κ3) is 3.63. The average Bonchev–Trinajstić information content (AvgIpc) is 2.45. The zero-order valence-electron chi connectivity index (χ0n) is 12.3. The molecule has 0 fully saturated rings. The molecule has 0 atom stereocenters. The molecule has 1 N–H and O–H groups in total. The van der Waals surface area contributed by atoms with Gasteiger partial charge in [-0.05, 0) is 37.6 Å². The van der Waals surface area contributed by atoms with Crippen LogP contribution in [-0.2, 0) is 0 Å². The van der Waals surface area contributed by atoms with Gasteiger partial charge in [0.1, 0.15) is 22.8 Å². The Morgan fingerprint density at radius 3 is 2.82 bits per heavy atom. The van der Waals surface area contributed by atoms with Crippen LogP contribution in [0.3, 0.4) is 0 Å². The monoisotopic (exact) mass is 300 g/mol. The van der Waals surface area contributed by atoms with Crippen LogP contribution < -0.4 is 10.4 Å². The normalized spacial score (nSPS) is 10.8. The molecule has 1 heterocycles. The van der Waals surface area contributed by atoms with E-state index in [1.54, 1.807) is 24.3 Å². The third-order valence-corrected chi connectivity index (χ3v) is 2.90. The van der Waals surface area contributed by atoms with Gasteiger partial charge in [0.25, 0.3) is 0 Å². The Hall–Kier alpha value is -2.82. The number of ether oxygens (including phenoxy) is 1. The SMILES string of the molecule is CCOc1cccc(C=CC(=O)c2c(O)cc(C)oc2=O)c1. The first-order valence-corrected chi connectivity index (χ1v) is 6.80. The van der Waals surface area contributed by atoms with Gasteiger partial charge in [-0.2, -0.15) is 0 Å². The molecule has 0 saturated carbocycles. The molecule has 0 aliphatic carbocycles. The first-order valence-electron chi connectivity index (χ1n) is 6.80. The largest absolute Gasteiger partial charge is 0.507 e. The topological polar surface area (TPSA) is 76.7 Å². The van der Waals surface area contributed by atoms with E-state index < -0.39 is 11.4 Å². The summed E-state index contributed by atoms with van der Waals surface area (Å²) in [5, 5.41) is 9.72. The Bertz CT molecular complexity index is 771. The molecule has 0 aliphatic rings. The van der Waals surface area contributed by atoms with Crippen LogP contribution in [0.1, 0.15) is 28.6 Å². The van der Waals surface area contributed by atoms with E-state index in [-0.39, 0.29) is 17.1 Å². The molecule has 22 heavy (non-hydrogen) atoms. The van der Waals surface area contributed by atoms with Crippen LogP contribution in [0.15, 0.2) is 45.6 Å². The molecule has 0 bridgehead atoms. The van der Waals surface area contributed by atoms with Gasteiger partial charge in [0.2, 0.25) is 0 Å². The Labute approximate surface area is 127 Å². The van der Waals surface area contributed by atoms with Crippen LogP contribution >= 0.6 is 0 Å². The number of aromatic hydroxyl groups is 1. The van der Waals surface area contributed by atoms with Crippen molar-refractivity contribution in [1.82, 2.24) is 0 Å². The number of ketones is 1. The van der Waals surface area contributed by atoms with Crippen molar-refractivity contribution >= 4 is 11.9 Å². The molecule has 0 spiro atoms. The highest BCUT2D eigenvalue weighted by Crippen LogP contribution is 2.17. The summed E-state index contributed by atoms with van der Waals surface area (Å²) in [5.41, 5.74) is -0.478. The van der Waals surface area contributed by atoms with Gasteiger partial charge >= 0.3 is 5.63 Å². The lowest BCUT2D eigenvalue weighted by Gasteiger charge is -2.03. The summed E-state index contributed by atoms with van der Waals surface area (Å²) >= 11 is 0. The van der Waals surface area contributed by atoms with Crippen molar-refractivity contribution in [3.05, 3.63) is 63.7 Å². The molecule has 5 heteroatoms. The minimum absolute atomic E-state index is 0.243. The van der Waals surface area contributed by atoms with Crippen molar-refractivity contribution in [2.45, 2.75) is 13.8 Å². The number of carbonyl (C=O) groups is 1. The summed E-state index contributed by atoms with van der Waals surface area (Å²) in [6.45, 7) is 3.94. The summed E-state index contributed by atoms with van der Waals surface area (Å²) in [6, 6.07) is 8.41. The molecule has 0 radical (unpaired) electrons. The molecular formula is C17H16O5. The number of hydrogen-bond acceptors (Lipinski definition) is 5. The molecule has 0 unspecified atom stereocenters. The van der Waals surface area contributed by atoms with Crippen molar-refractivity contribution in [3.63, 3.8) is 0 Å². The summed E-state index contributed by atoms with van der Waals surface area (Å²) in [5.74, 6) is -0.0678. The molecule has 2 aromatic rings. The lowest BCUT2D eigenvalue weighted by atomic mass is 10.1. The summed E-state index contributed by atoms with van der Waals surface area (Å²) in [6.07, 6.45) is 2.76. The molecular weight excluding hydrogens is 284 g/mol. The second-order valence-corrected chi connectivity index (χ2v) is 4.61. The minimum Gasteiger partial charge on any atom is -0.507 e. The molecule has 1 aromatic heterocycles. The quantitative estimate of drug-likeness (QED) is 0.678. The molecule has 0 saturated heterocycles. The van der Waals surface area contributed by atoms with E-state index >= 15 is 0 Å². The van der Waals surface area contributed by atoms with E-state index in [1.807, 2.05) is 13.0 Å². The van der Waals surface area contributed by atoms with Gasteiger partial charge in [-0.25, -0.2) is 4.79 Å². The Morgan fingerprint density at radius 1 is 1.36 bits per heavy atom. The average molecular weight is 300 g/mol. The van der Waals surface area contributed by atoms with E-state index in [1.165, 1.54) is 19.1 Å². The smallest absolute Gasteiger partial charge is 0.351 e. The van der Waals surface area contributed by atoms with E-state index in [2.05, 4.69) is 0 Å². The van der Waals surface area contributed by atoms with Crippen LogP contribution in [0.25, 0.3) is 6.08 Å². The van der Waals surface area contributed by atoms with Gasteiger partial charge in [-0.1, -0.05) is 18.2 Å². The number of rotatable bonds is 5. The van der Waals surface area contributed by atoms with Crippen LogP contribution in [-0.4, -0.2) is 17.5 Å². The lowest BCUT2D eigenvalue weighted by molar-refractivity contribution is 0.104. The second-order valence-electron chi connectivity index (χ2n) is 4.61. The first-order chi connectivity index (χ1) is 10.5. The fourth-order valence-corrected chi connectivity index (χ4v) is 1.95. The predicted molar refractivity (Wildman–Crippen MR) is 82.4 cm³/mol. The van der Waals surface area contributed by atoms with Gasteiger partial charge in [0.05, 0.1) is 6.61 Å². The molecule has 0 amide bonds. The molecule has 0 aliphatic heterocycles. The predicted octanol–water partition coefficient (Wildman–Crippen LogP) is 2.95. The molecule has 1 aromatic carbocycles. The zero-order valence-corrected chi connectivity index (χ0v) is 12.3. The first kappa shape index (κ1) is 15.6. The van der Waals surface area contributed by atoms with Gasteiger partial charge in [0, 0.05) is 6.07 Å². The molecule has 114 valence electrons. The fraction of sp³-hybridized carbons (Fsp3) is 0.176. The van der Waals surface area contributed by atoms with E-state index in [0.717, 1.165) is 5.56 Å². The maximum Gasteiger partial charge on any atom is 0.351 e. The fourth-order valence-electron chi connectivity index (χ4n) is 1.95. The minimum atomic E-state index is -0.852. The lowest BCUT2D eigenvalue weighted by Crippen LogP contribution is -2.12. The Morgan fingerprint density at radius 2 is 2.14 bits per heavy atom. The van der Waals surface area contributed by atoms with Crippen molar-refractivity contribution in [2.24, 2.45) is 0 Å². The van der Waals surface area contributed by atoms with Crippen LogP contribution in [0.2, 0.25) is 0 Å². The highest BCUT2D eigenvalue weighted by molar-refractivity contribution is 6.08.